The predicted molar refractivity (Wildman–Crippen MR) is 82.1 cm³/mol. The molecule has 2 rings (SSSR count). The van der Waals surface area contributed by atoms with Gasteiger partial charge in [0.2, 0.25) is 10.0 Å². The lowest BCUT2D eigenvalue weighted by atomic mass is 10.0. The summed E-state index contributed by atoms with van der Waals surface area (Å²) in [4.78, 5) is -0.630. The molecule has 0 amide bonds. The molecule has 1 aromatic rings. The van der Waals surface area contributed by atoms with Gasteiger partial charge in [0, 0.05) is 6.54 Å². The zero-order valence-electron chi connectivity index (χ0n) is 11.0. The minimum absolute atomic E-state index is 0.00569. The summed E-state index contributed by atoms with van der Waals surface area (Å²) < 4.78 is 40.7. The standard InChI is InChI=1S/C12H15BrClFN2O3S/c13-9-7(14)5-8(10(15)11(9)16)21(19,20)17-6-12(18)3-1-2-4-12/h5,17-18H,1-4,6,16H2. The summed E-state index contributed by atoms with van der Waals surface area (Å²) in [7, 11) is -4.15. The van der Waals surface area contributed by atoms with E-state index in [0.717, 1.165) is 18.9 Å². The Hall–Kier alpha value is -0.410. The Morgan fingerprint density at radius 3 is 2.62 bits per heavy atom. The van der Waals surface area contributed by atoms with Crippen molar-refractivity contribution in [1.29, 1.82) is 0 Å². The Bertz CT molecular complexity index is 663. The quantitative estimate of drug-likeness (QED) is 0.533. The Labute approximate surface area is 135 Å². The van der Waals surface area contributed by atoms with Crippen LogP contribution in [0.25, 0.3) is 0 Å². The van der Waals surface area contributed by atoms with Gasteiger partial charge in [-0.3, -0.25) is 0 Å². The number of hydrogen-bond donors (Lipinski definition) is 3. The molecule has 1 aromatic carbocycles. The number of halogens is 3. The summed E-state index contributed by atoms with van der Waals surface area (Å²) in [5.74, 6) is -1.07. The summed E-state index contributed by atoms with van der Waals surface area (Å²) in [6.45, 7) is -0.164. The number of benzene rings is 1. The fourth-order valence-electron chi connectivity index (χ4n) is 2.31. The molecule has 0 atom stereocenters. The molecule has 0 unspecified atom stereocenters. The summed E-state index contributed by atoms with van der Waals surface area (Å²) in [6.07, 6.45) is 2.70. The van der Waals surface area contributed by atoms with Crippen LogP contribution in [0.1, 0.15) is 25.7 Å². The number of anilines is 1. The molecule has 1 saturated carbocycles. The number of nitrogens with one attached hydrogen (secondary N) is 1. The maximum atomic E-state index is 14.0. The Balaban J connectivity index is 2.28. The molecule has 0 spiro atoms. The van der Waals surface area contributed by atoms with E-state index in [1.165, 1.54) is 0 Å². The van der Waals surface area contributed by atoms with Gasteiger partial charge in [0.25, 0.3) is 0 Å². The normalized spacial score (nSPS) is 18.1. The molecule has 9 heteroatoms. The minimum Gasteiger partial charge on any atom is -0.395 e. The smallest absolute Gasteiger partial charge is 0.243 e. The van der Waals surface area contributed by atoms with Crippen LogP contribution in [-0.4, -0.2) is 25.7 Å². The van der Waals surface area contributed by atoms with Gasteiger partial charge in [-0.1, -0.05) is 24.4 Å². The molecule has 0 heterocycles. The molecule has 0 saturated heterocycles. The van der Waals surface area contributed by atoms with Gasteiger partial charge in [-0.2, -0.15) is 0 Å². The molecule has 0 bridgehead atoms. The van der Waals surface area contributed by atoms with E-state index in [0.29, 0.717) is 12.8 Å². The summed E-state index contributed by atoms with van der Waals surface area (Å²) in [5, 5.41) is 10.1. The summed E-state index contributed by atoms with van der Waals surface area (Å²) in [5.41, 5.74) is 4.03. The van der Waals surface area contributed by atoms with Gasteiger partial charge >= 0.3 is 0 Å². The Kier molecular flexibility index (Phi) is 4.84. The highest BCUT2D eigenvalue weighted by Gasteiger charge is 2.33. The summed E-state index contributed by atoms with van der Waals surface area (Å²) >= 11 is 8.80. The predicted octanol–water partition coefficient (Wildman–Crippen LogP) is 2.41. The number of nitrogen functional groups attached to an aromatic ring is 1. The average Bonchev–Trinajstić information content (AvgIpc) is 2.86. The lowest BCUT2D eigenvalue weighted by Gasteiger charge is -2.22. The number of aliphatic hydroxyl groups is 1. The van der Waals surface area contributed by atoms with Crippen LogP contribution in [0.4, 0.5) is 10.1 Å². The van der Waals surface area contributed by atoms with Gasteiger partial charge in [0.1, 0.15) is 4.90 Å². The first-order valence-electron chi connectivity index (χ1n) is 6.31. The number of rotatable bonds is 4. The molecule has 0 radical (unpaired) electrons. The first kappa shape index (κ1) is 17.0. The third kappa shape index (κ3) is 3.50. The van der Waals surface area contributed by atoms with Crippen LogP contribution in [-0.2, 0) is 10.0 Å². The third-order valence-electron chi connectivity index (χ3n) is 3.57. The second-order valence-corrected chi connectivity index (χ2v) is 8.09. The number of sulfonamides is 1. The Morgan fingerprint density at radius 1 is 1.48 bits per heavy atom. The van der Waals surface area contributed by atoms with Crippen LogP contribution in [0, 0.1) is 5.82 Å². The van der Waals surface area contributed by atoms with Crippen molar-refractivity contribution < 1.29 is 17.9 Å². The van der Waals surface area contributed by atoms with E-state index in [9.17, 15) is 17.9 Å². The van der Waals surface area contributed by atoms with Gasteiger partial charge in [0.15, 0.2) is 5.82 Å². The van der Waals surface area contributed by atoms with Gasteiger partial charge in [-0.15, -0.1) is 0 Å². The molecule has 118 valence electrons. The van der Waals surface area contributed by atoms with E-state index < -0.39 is 26.3 Å². The zero-order valence-corrected chi connectivity index (χ0v) is 14.2. The van der Waals surface area contributed by atoms with Crippen LogP contribution in [0.15, 0.2) is 15.4 Å². The van der Waals surface area contributed by atoms with Crippen molar-refractivity contribution in [3.8, 4) is 0 Å². The highest BCUT2D eigenvalue weighted by Crippen LogP contribution is 2.35. The van der Waals surface area contributed by atoms with Crippen molar-refractivity contribution in [2.75, 3.05) is 12.3 Å². The zero-order chi connectivity index (χ0) is 15.8. The Morgan fingerprint density at radius 2 is 2.05 bits per heavy atom. The van der Waals surface area contributed by atoms with E-state index in [-0.39, 0.29) is 21.7 Å². The lowest BCUT2D eigenvalue weighted by molar-refractivity contribution is 0.0531. The SMILES string of the molecule is Nc1c(F)c(S(=O)(=O)NCC2(O)CCCC2)cc(Cl)c1Br. The van der Waals surface area contributed by atoms with E-state index in [2.05, 4.69) is 20.7 Å². The van der Waals surface area contributed by atoms with E-state index >= 15 is 0 Å². The fraction of sp³-hybridized carbons (Fsp3) is 0.500. The second-order valence-electron chi connectivity index (χ2n) is 5.15. The maximum Gasteiger partial charge on any atom is 0.243 e. The molecule has 5 nitrogen and oxygen atoms in total. The van der Waals surface area contributed by atoms with Crippen molar-refractivity contribution in [1.82, 2.24) is 4.72 Å². The average molecular weight is 402 g/mol. The van der Waals surface area contributed by atoms with E-state index in [1.807, 2.05) is 0 Å². The van der Waals surface area contributed by atoms with Gasteiger partial charge in [-0.25, -0.2) is 17.5 Å². The summed E-state index contributed by atoms with van der Waals surface area (Å²) in [6, 6.07) is 0.984. The van der Waals surface area contributed by atoms with Crippen LogP contribution in [0.5, 0.6) is 0 Å². The molecule has 1 aliphatic rings. The molecule has 1 aliphatic carbocycles. The molecule has 0 aliphatic heterocycles. The van der Waals surface area contributed by atoms with Gasteiger partial charge in [0.05, 0.1) is 20.8 Å². The maximum absolute atomic E-state index is 14.0. The third-order valence-corrected chi connectivity index (χ3v) is 6.35. The first-order chi connectivity index (χ1) is 9.66. The fourth-order valence-corrected chi connectivity index (χ4v) is 4.11. The van der Waals surface area contributed by atoms with E-state index in [4.69, 9.17) is 17.3 Å². The van der Waals surface area contributed by atoms with Crippen molar-refractivity contribution in [2.45, 2.75) is 36.2 Å². The molecule has 4 N–H and O–H groups in total. The van der Waals surface area contributed by atoms with E-state index in [1.54, 1.807) is 0 Å². The molecule has 0 aromatic heterocycles. The minimum atomic E-state index is -4.15. The largest absolute Gasteiger partial charge is 0.395 e. The first-order valence-corrected chi connectivity index (χ1v) is 8.97. The molecule has 21 heavy (non-hydrogen) atoms. The van der Waals surface area contributed by atoms with Crippen LogP contribution in [0.3, 0.4) is 0 Å². The number of nitrogens with two attached hydrogens (primary N) is 1. The topological polar surface area (TPSA) is 92.4 Å². The van der Waals surface area contributed by atoms with Crippen LogP contribution < -0.4 is 10.5 Å². The van der Waals surface area contributed by atoms with Crippen molar-refractivity contribution in [2.24, 2.45) is 0 Å². The van der Waals surface area contributed by atoms with Crippen molar-refractivity contribution in [3.63, 3.8) is 0 Å². The van der Waals surface area contributed by atoms with Gasteiger partial charge in [-0.05, 0) is 34.8 Å². The van der Waals surface area contributed by atoms with Crippen molar-refractivity contribution in [3.05, 3.63) is 21.4 Å². The highest BCUT2D eigenvalue weighted by molar-refractivity contribution is 9.10. The molecule has 1 fully saturated rings. The number of hydrogen-bond acceptors (Lipinski definition) is 4. The van der Waals surface area contributed by atoms with Gasteiger partial charge < -0.3 is 10.8 Å². The second kappa shape index (κ2) is 6.00. The van der Waals surface area contributed by atoms with Crippen molar-refractivity contribution >= 4 is 43.2 Å². The molecular weight excluding hydrogens is 387 g/mol. The highest BCUT2D eigenvalue weighted by atomic mass is 79.9. The van der Waals surface area contributed by atoms with Crippen LogP contribution >= 0.6 is 27.5 Å². The monoisotopic (exact) mass is 400 g/mol. The lowest BCUT2D eigenvalue weighted by Crippen LogP contribution is -2.41. The molecular formula is C12H15BrClFN2O3S. The van der Waals surface area contributed by atoms with Crippen LogP contribution in [0.2, 0.25) is 5.02 Å².